The van der Waals surface area contributed by atoms with E-state index in [0.29, 0.717) is 26.3 Å². The molecule has 0 spiro atoms. The third kappa shape index (κ3) is 3.32. The predicted octanol–water partition coefficient (Wildman–Crippen LogP) is 4.03. The minimum Gasteiger partial charge on any atom is -0.362 e. The summed E-state index contributed by atoms with van der Waals surface area (Å²) in [7, 11) is 0. The van der Waals surface area contributed by atoms with Gasteiger partial charge in [-0.1, -0.05) is 11.6 Å². The summed E-state index contributed by atoms with van der Waals surface area (Å²) in [6.45, 7) is 0.255. The highest BCUT2D eigenvalue weighted by atomic mass is 35.5. The number of nitrogens with zero attached hydrogens (tertiary/aromatic N) is 1. The molecule has 5 rings (SSSR count). The Kier molecular flexibility index (Phi) is 4.22. The zero-order valence-corrected chi connectivity index (χ0v) is 16.4. The van der Waals surface area contributed by atoms with Crippen molar-refractivity contribution in [1.82, 2.24) is 20.3 Å². The fraction of sp³-hybridized carbons (Fsp3) is 0.0500. The third-order valence-electron chi connectivity index (χ3n) is 4.55. The number of aromatic nitrogens is 3. The summed E-state index contributed by atoms with van der Waals surface area (Å²) in [4.78, 5) is 36.0. The summed E-state index contributed by atoms with van der Waals surface area (Å²) in [6, 6.07) is 10.9. The molecule has 0 fully saturated rings. The zero-order valence-electron chi connectivity index (χ0n) is 14.9. The second kappa shape index (κ2) is 6.91. The van der Waals surface area contributed by atoms with Crippen LogP contribution in [0.1, 0.15) is 26.8 Å². The number of carbonyl (C=O) groups is 2. The third-order valence-corrected chi connectivity index (χ3v) is 5.83. The highest BCUT2D eigenvalue weighted by Gasteiger charge is 2.28. The highest BCUT2D eigenvalue weighted by molar-refractivity contribution is 7.18. The number of aromatic amines is 2. The lowest BCUT2D eigenvalue weighted by molar-refractivity contribution is -0.110. The first-order chi connectivity index (χ1) is 14.1. The van der Waals surface area contributed by atoms with Gasteiger partial charge >= 0.3 is 0 Å². The first kappa shape index (κ1) is 17.7. The van der Waals surface area contributed by atoms with Crippen molar-refractivity contribution in [3.05, 3.63) is 69.6 Å². The fourth-order valence-corrected chi connectivity index (χ4v) is 4.35. The number of anilines is 1. The van der Waals surface area contributed by atoms with Gasteiger partial charge in [-0.15, -0.1) is 11.3 Å². The Morgan fingerprint density at radius 2 is 2.17 bits per heavy atom. The number of H-pyrrole nitrogens is 2. The van der Waals surface area contributed by atoms with Gasteiger partial charge in [0.2, 0.25) is 0 Å². The van der Waals surface area contributed by atoms with Gasteiger partial charge in [-0.05, 0) is 42.5 Å². The quantitative estimate of drug-likeness (QED) is 0.372. The van der Waals surface area contributed by atoms with Gasteiger partial charge in [-0.3, -0.25) is 9.59 Å². The Balaban J connectivity index is 1.33. The van der Waals surface area contributed by atoms with Crippen LogP contribution < -0.4 is 10.6 Å². The number of thiophene rings is 1. The van der Waals surface area contributed by atoms with E-state index in [9.17, 15) is 9.59 Å². The van der Waals surface area contributed by atoms with Crippen molar-refractivity contribution in [2.45, 2.75) is 6.54 Å². The Hall–Kier alpha value is -3.36. The van der Waals surface area contributed by atoms with Crippen LogP contribution in [0.3, 0.4) is 0 Å². The molecule has 7 nitrogen and oxygen atoms in total. The monoisotopic (exact) mass is 423 g/mol. The summed E-state index contributed by atoms with van der Waals surface area (Å²) in [5.41, 5.74) is 3.70. The van der Waals surface area contributed by atoms with Crippen molar-refractivity contribution in [2.24, 2.45) is 0 Å². The zero-order chi connectivity index (χ0) is 20.0. The van der Waals surface area contributed by atoms with Crippen LogP contribution in [0.5, 0.6) is 0 Å². The van der Waals surface area contributed by atoms with E-state index >= 15 is 0 Å². The van der Waals surface area contributed by atoms with Gasteiger partial charge in [0.05, 0.1) is 28.0 Å². The summed E-state index contributed by atoms with van der Waals surface area (Å²) in [5.74, 6) is 0.241. The van der Waals surface area contributed by atoms with Crippen LogP contribution in [0.15, 0.2) is 42.6 Å². The molecule has 2 amide bonds. The van der Waals surface area contributed by atoms with Crippen LogP contribution in [-0.2, 0) is 11.3 Å². The molecule has 1 aromatic carbocycles. The van der Waals surface area contributed by atoms with Crippen molar-refractivity contribution in [3.63, 3.8) is 0 Å². The molecule has 9 heteroatoms. The molecule has 0 radical (unpaired) electrons. The van der Waals surface area contributed by atoms with Crippen LogP contribution >= 0.6 is 22.9 Å². The lowest BCUT2D eigenvalue weighted by Gasteiger charge is -2.01. The van der Waals surface area contributed by atoms with Gasteiger partial charge in [0.15, 0.2) is 0 Å². The van der Waals surface area contributed by atoms with Crippen LogP contribution in [0.4, 0.5) is 5.00 Å². The molecule has 4 aromatic rings. The number of rotatable bonds is 4. The maximum atomic E-state index is 12.6. The van der Waals surface area contributed by atoms with Crippen molar-refractivity contribution < 1.29 is 9.59 Å². The van der Waals surface area contributed by atoms with Crippen molar-refractivity contribution in [2.75, 3.05) is 5.32 Å². The van der Waals surface area contributed by atoms with E-state index in [2.05, 4.69) is 25.6 Å². The summed E-state index contributed by atoms with van der Waals surface area (Å²) in [6.07, 6.45) is 3.56. The molecule has 29 heavy (non-hydrogen) atoms. The standard InChI is InChI=1S/C20H14ClN5O2S/c21-10-3-4-14-15(6-10)25-17(24-14)9-23-19(28)16-8-13-12(7-11-2-1-5-22-11)18(27)26-20(13)29-16/h1-8,22H,9H2,(H,23,28)(H,24,25)(H,26,27)/b12-7-. The van der Waals surface area contributed by atoms with Crippen molar-refractivity contribution in [3.8, 4) is 0 Å². The maximum Gasteiger partial charge on any atom is 0.261 e. The smallest absolute Gasteiger partial charge is 0.261 e. The van der Waals surface area contributed by atoms with Crippen LogP contribution in [0, 0.1) is 0 Å². The minimum atomic E-state index is -0.226. The molecule has 0 unspecified atom stereocenters. The molecule has 3 aromatic heterocycles. The van der Waals surface area contributed by atoms with E-state index in [1.54, 1.807) is 30.5 Å². The number of benzene rings is 1. The molecule has 4 N–H and O–H groups in total. The average molecular weight is 424 g/mol. The molecule has 1 aliphatic heterocycles. The predicted molar refractivity (Wildman–Crippen MR) is 114 cm³/mol. The van der Waals surface area contributed by atoms with Gasteiger partial charge in [-0.2, -0.15) is 0 Å². The normalized spacial score (nSPS) is 14.4. The molecule has 1 aliphatic rings. The highest BCUT2D eigenvalue weighted by Crippen LogP contribution is 2.39. The summed E-state index contributed by atoms with van der Waals surface area (Å²) >= 11 is 7.24. The number of hydrogen-bond donors (Lipinski definition) is 4. The number of imidazole rings is 1. The van der Waals surface area contributed by atoms with E-state index in [1.165, 1.54) is 11.3 Å². The largest absolute Gasteiger partial charge is 0.362 e. The summed E-state index contributed by atoms with van der Waals surface area (Å²) in [5, 5.41) is 6.97. The molecule has 144 valence electrons. The number of carbonyl (C=O) groups excluding carboxylic acids is 2. The van der Waals surface area contributed by atoms with E-state index in [-0.39, 0.29) is 18.4 Å². The Labute approximate surface area is 173 Å². The molecular weight excluding hydrogens is 410 g/mol. The van der Waals surface area contributed by atoms with Crippen molar-refractivity contribution in [1.29, 1.82) is 0 Å². The molecular formula is C20H14ClN5O2S. The van der Waals surface area contributed by atoms with Crippen LogP contribution in [0.2, 0.25) is 5.02 Å². The van der Waals surface area contributed by atoms with Crippen molar-refractivity contribution >= 4 is 62.4 Å². The first-order valence-corrected chi connectivity index (χ1v) is 9.99. The molecule has 0 aliphatic carbocycles. The lowest BCUT2D eigenvalue weighted by atomic mass is 10.1. The average Bonchev–Trinajstić information content (AvgIpc) is 3.46. The van der Waals surface area contributed by atoms with Gasteiger partial charge in [0.25, 0.3) is 11.8 Å². The molecule has 0 atom stereocenters. The van der Waals surface area contributed by atoms with Crippen LogP contribution in [0.25, 0.3) is 22.7 Å². The topological polar surface area (TPSA) is 103 Å². The molecule has 0 saturated carbocycles. The second-order valence-electron chi connectivity index (χ2n) is 6.52. The van der Waals surface area contributed by atoms with E-state index in [4.69, 9.17) is 11.6 Å². The van der Waals surface area contributed by atoms with Gasteiger partial charge in [0.1, 0.15) is 10.8 Å². The first-order valence-electron chi connectivity index (χ1n) is 8.80. The minimum absolute atomic E-state index is 0.172. The summed E-state index contributed by atoms with van der Waals surface area (Å²) < 4.78 is 0. The number of halogens is 1. The molecule has 4 heterocycles. The second-order valence-corrected chi connectivity index (χ2v) is 8.01. The number of amides is 2. The Morgan fingerprint density at radius 3 is 3.00 bits per heavy atom. The van der Waals surface area contributed by atoms with E-state index < -0.39 is 0 Å². The molecule has 0 saturated heterocycles. The maximum absolute atomic E-state index is 12.6. The van der Waals surface area contributed by atoms with Gasteiger partial charge in [0, 0.05) is 22.5 Å². The van der Waals surface area contributed by atoms with Crippen LogP contribution in [-0.4, -0.2) is 26.8 Å². The Morgan fingerprint density at radius 1 is 1.28 bits per heavy atom. The fourth-order valence-electron chi connectivity index (χ4n) is 3.19. The number of fused-ring (bicyclic) bond motifs is 2. The van der Waals surface area contributed by atoms with Gasteiger partial charge in [-0.25, -0.2) is 4.98 Å². The lowest BCUT2D eigenvalue weighted by Crippen LogP contribution is -2.22. The van der Waals surface area contributed by atoms with E-state index in [0.717, 1.165) is 22.3 Å². The Bertz CT molecular complexity index is 1290. The van der Waals surface area contributed by atoms with E-state index in [1.807, 2.05) is 18.2 Å². The van der Waals surface area contributed by atoms with Gasteiger partial charge < -0.3 is 20.6 Å². The number of hydrogen-bond acceptors (Lipinski definition) is 4. The molecule has 0 bridgehead atoms. The SMILES string of the molecule is O=C1Nc2sc(C(=O)NCc3nc4ccc(Cl)cc4[nH]3)cc2/C1=C/c1ccc[nH]1. The number of nitrogens with one attached hydrogen (secondary N) is 4.